The van der Waals surface area contributed by atoms with Crippen molar-refractivity contribution in [2.45, 2.75) is 24.9 Å². The Bertz CT molecular complexity index is 353. The minimum absolute atomic E-state index is 0.0289. The van der Waals surface area contributed by atoms with Crippen LogP contribution in [0.2, 0.25) is 0 Å². The number of aliphatic hydroxyl groups is 1. The number of aryl methyl sites for hydroxylation is 1. The van der Waals surface area contributed by atoms with Crippen molar-refractivity contribution in [3.05, 3.63) is 35.4 Å². The Hall–Kier alpha value is -1.33. The lowest BCUT2D eigenvalue weighted by Crippen LogP contribution is -2.13. The van der Waals surface area contributed by atoms with Crippen molar-refractivity contribution in [3.63, 3.8) is 0 Å². The van der Waals surface area contributed by atoms with Gasteiger partial charge in [-0.05, 0) is 24.0 Å². The minimum Gasteiger partial charge on any atom is -0.377 e. The molecule has 1 aliphatic carbocycles. The van der Waals surface area contributed by atoms with Gasteiger partial charge in [-0.1, -0.05) is 24.3 Å². The molecule has 0 fully saturated rings. The van der Waals surface area contributed by atoms with Gasteiger partial charge in [0.2, 0.25) is 0 Å². The molecular weight excluding hydrogens is 162 g/mol. The Morgan fingerprint density at radius 1 is 1.46 bits per heavy atom. The zero-order valence-electron chi connectivity index (χ0n) is 7.27. The van der Waals surface area contributed by atoms with Crippen LogP contribution < -0.4 is 0 Å². The third-order valence-corrected chi connectivity index (χ3v) is 2.69. The number of aliphatic hydroxyl groups excluding tert-OH is 1. The van der Waals surface area contributed by atoms with E-state index in [1.807, 2.05) is 24.3 Å². The molecule has 0 aliphatic heterocycles. The van der Waals surface area contributed by atoms with Gasteiger partial charge in [-0.25, -0.2) is 0 Å². The maximum Gasteiger partial charge on any atom is 0.147 e. The van der Waals surface area contributed by atoms with Crippen LogP contribution in [0.4, 0.5) is 0 Å². The lowest BCUT2D eigenvalue weighted by molar-refractivity contribution is 0.197. The molecule has 0 amide bonds. The van der Waals surface area contributed by atoms with E-state index in [0.29, 0.717) is 0 Å². The van der Waals surface area contributed by atoms with Crippen LogP contribution >= 0.6 is 0 Å². The first-order valence-corrected chi connectivity index (χ1v) is 4.48. The Labute approximate surface area is 77.4 Å². The van der Waals surface area contributed by atoms with Gasteiger partial charge in [-0.15, -0.1) is 0 Å². The van der Waals surface area contributed by atoms with E-state index in [-0.39, 0.29) is 5.92 Å². The zero-order chi connectivity index (χ0) is 9.26. The molecule has 0 bridgehead atoms. The molecule has 1 aromatic rings. The summed E-state index contributed by atoms with van der Waals surface area (Å²) in [6.07, 6.45) is 1.04. The van der Waals surface area contributed by atoms with Crippen LogP contribution in [0.1, 0.15) is 23.5 Å². The summed E-state index contributed by atoms with van der Waals surface area (Å²) in [5, 5.41) is 18.1. The highest BCUT2D eigenvalue weighted by Gasteiger charge is 2.27. The molecule has 0 heterocycles. The maximum atomic E-state index is 9.44. The van der Waals surface area contributed by atoms with Crippen molar-refractivity contribution < 1.29 is 5.11 Å². The monoisotopic (exact) mass is 173 g/mol. The summed E-state index contributed by atoms with van der Waals surface area (Å²) in [4.78, 5) is 0. The van der Waals surface area contributed by atoms with E-state index >= 15 is 0 Å². The molecule has 13 heavy (non-hydrogen) atoms. The molecule has 2 atom stereocenters. The largest absolute Gasteiger partial charge is 0.377 e. The fourth-order valence-corrected chi connectivity index (χ4v) is 2.01. The molecular formula is C11H11NO. The average Bonchev–Trinajstić information content (AvgIpc) is 2.60. The van der Waals surface area contributed by atoms with Crippen molar-refractivity contribution in [2.24, 2.45) is 0 Å². The summed E-state index contributed by atoms with van der Waals surface area (Å²) < 4.78 is 0. The number of hydrogen-bond donors (Lipinski definition) is 1. The molecule has 2 unspecified atom stereocenters. The highest BCUT2D eigenvalue weighted by atomic mass is 16.3. The van der Waals surface area contributed by atoms with E-state index in [9.17, 15) is 5.11 Å². The zero-order valence-corrected chi connectivity index (χ0v) is 7.27. The fraction of sp³-hybridized carbons (Fsp3) is 0.364. The van der Waals surface area contributed by atoms with Crippen molar-refractivity contribution in [2.75, 3.05) is 0 Å². The van der Waals surface area contributed by atoms with Gasteiger partial charge in [0, 0.05) is 5.92 Å². The van der Waals surface area contributed by atoms with E-state index in [1.54, 1.807) is 0 Å². The molecule has 2 rings (SSSR count). The van der Waals surface area contributed by atoms with E-state index in [1.165, 1.54) is 5.56 Å². The standard InChI is InChI=1S/C11H11NO/c12-7-11(13)10-6-5-8-3-1-2-4-9(8)10/h1-4,10-11,13H,5-6H2. The predicted molar refractivity (Wildman–Crippen MR) is 49.1 cm³/mol. The lowest BCUT2D eigenvalue weighted by Gasteiger charge is -2.11. The fourth-order valence-electron chi connectivity index (χ4n) is 2.01. The molecule has 66 valence electrons. The Morgan fingerprint density at radius 2 is 2.23 bits per heavy atom. The van der Waals surface area contributed by atoms with Crippen molar-refractivity contribution >= 4 is 0 Å². The first-order valence-electron chi connectivity index (χ1n) is 4.48. The van der Waals surface area contributed by atoms with Crippen LogP contribution in [-0.4, -0.2) is 11.2 Å². The van der Waals surface area contributed by atoms with Gasteiger partial charge >= 0.3 is 0 Å². The van der Waals surface area contributed by atoms with Gasteiger partial charge in [-0.3, -0.25) is 0 Å². The van der Waals surface area contributed by atoms with Crippen molar-refractivity contribution in [3.8, 4) is 6.07 Å². The molecule has 1 aromatic carbocycles. The number of fused-ring (bicyclic) bond motifs is 1. The topological polar surface area (TPSA) is 44.0 Å². The normalized spacial score (nSPS) is 22.0. The molecule has 1 aliphatic rings. The summed E-state index contributed by atoms with van der Waals surface area (Å²) in [7, 11) is 0. The minimum atomic E-state index is -0.844. The maximum absolute atomic E-state index is 9.44. The third-order valence-electron chi connectivity index (χ3n) is 2.69. The van der Waals surface area contributed by atoms with Gasteiger partial charge in [0.15, 0.2) is 0 Å². The molecule has 0 saturated carbocycles. The molecule has 0 spiro atoms. The Morgan fingerprint density at radius 3 is 3.00 bits per heavy atom. The molecule has 2 nitrogen and oxygen atoms in total. The van der Waals surface area contributed by atoms with E-state index < -0.39 is 6.10 Å². The van der Waals surface area contributed by atoms with Crippen molar-refractivity contribution in [1.29, 1.82) is 5.26 Å². The summed E-state index contributed by atoms with van der Waals surface area (Å²) >= 11 is 0. The van der Waals surface area contributed by atoms with Crippen LogP contribution in [0.25, 0.3) is 0 Å². The van der Waals surface area contributed by atoms with Gasteiger partial charge in [0.25, 0.3) is 0 Å². The van der Waals surface area contributed by atoms with Gasteiger partial charge in [-0.2, -0.15) is 5.26 Å². The van der Waals surface area contributed by atoms with Crippen molar-refractivity contribution in [1.82, 2.24) is 0 Å². The van der Waals surface area contributed by atoms with Gasteiger partial charge < -0.3 is 5.11 Å². The lowest BCUT2D eigenvalue weighted by atomic mass is 9.96. The smallest absolute Gasteiger partial charge is 0.147 e. The summed E-state index contributed by atoms with van der Waals surface area (Å²) in [5.74, 6) is 0.0289. The van der Waals surface area contributed by atoms with E-state index in [0.717, 1.165) is 18.4 Å². The second kappa shape index (κ2) is 3.20. The average molecular weight is 173 g/mol. The SMILES string of the molecule is N#CC(O)C1CCc2ccccc21. The summed E-state index contributed by atoms with van der Waals surface area (Å²) in [6, 6.07) is 9.94. The van der Waals surface area contributed by atoms with E-state index in [2.05, 4.69) is 6.07 Å². The van der Waals surface area contributed by atoms with E-state index in [4.69, 9.17) is 5.26 Å². The number of hydrogen-bond acceptors (Lipinski definition) is 2. The molecule has 2 heteroatoms. The molecule has 0 aromatic heterocycles. The van der Waals surface area contributed by atoms with Crippen LogP contribution in [0.3, 0.4) is 0 Å². The predicted octanol–water partition coefficient (Wildman–Crippen LogP) is 1.60. The van der Waals surface area contributed by atoms with Crippen LogP contribution in [0, 0.1) is 11.3 Å². The van der Waals surface area contributed by atoms with Crippen LogP contribution in [0.15, 0.2) is 24.3 Å². The number of nitrogens with zero attached hydrogens (tertiary/aromatic N) is 1. The number of nitriles is 1. The van der Waals surface area contributed by atoms with Gasteiger partial charge in [0.05, 0.1) is 6.07 Å². The molecule has 0 saturated heterocycles. The second-order valence-electron chi connectivity index (χ2n) is 3.42. The third kappa shape index (κ3) is 1.32. The second-order valence-corrected chi connectivity index (χ2v) is 3.42. The van der Waals surface area contributed by atoms with Crippen LogP contribution in [0.5, 0.6) is 0 Å². The molecule has 0 radical (unpaired) electrons. The molecule has 1 N–H and O–H groups in total. The number of benzene rings is 1. The summed E-state index contributed by atoms with van der Waals surface area (Å²) in [6.45, 7) is 0. The Balaban J connectivity index is 2.34. The van der Waals surface area contributed by atoms with Crippen LogP contribution in [-0.2, 0) is 6.42 Å². The van der Waals surface area contributed by atoms with Gasteiger partial charge in [0.1, 0.15) is 6.10 Å². The highest BCUT2D eigenvalue weighted by Crippen LogP contribution is 2.34. The first-order chi connectivity index (χ1) is 6.33. The first kappa shape index (κ1) is 8.28. The number of rotatable bonds is 1. The summed E-state index contributed by atoms with van der Waals surface area (Å²) in [5.41, 5.74) is 2.43. The quantitative estimate of drug-likeness (QED) is 0.655. The highest BCUT2D eigenvalue weighted by molar-refractivity contribution is 5.36. The Kier molecular flexibility index (Phi) is 2.03.